The molecule has 0 spiro atoms. The summed E-state index contributed by atoms with van der Waals surface area (Å²) in [6, 6.07) is 70.4. The van der Waals surface area contributed by atoms with Crippen LogP contribution in [0.1, 0.15) is 0 Å². The molecule has 0 saturated heterocycles. The van der Waals surface area contributed by atoms with Crippen LogP contribution in [0.5, 0.6) is 0 Å². The third kappa shape index (κ3) is 5.24. The van der Waals surface area contributed by atoms with E-state index in [2.05, 4.69) is 204 Å². The molecule has 0 bridgehead atoms. The number of benzene rings is 8. The van der Waals surface area contributed by atoms with Crippen LogP contribution in [0.15, 0.2) is 194 Å². The van der Waals surface area contributed by atoms with Crippen molar-refractivity contribution in [2.45, 2.75) is 0 Å². The zero-order chi connectivity index (χ0) is 34.4. The van der Waals surface area contributed by atoms with Crippen molar-refractivity contribution in [2.75, 3.05) is 9.80 Å². The lowest BCUT2D eigenvalue weighted by molar-refractivity contribution is 1.27. The smallest absolute Gasteiger partial charge is 0.0540 e. The second-order valence-corrected chi connectivity index (χ2v) is 15.1. The van der Waals surface area contributed by atoms with Crippen molar-refractivity contribution in [3.63, 3.8) is 0 Å². The maximum Gasteiger partial charge on any atom is 0.0540 e. The number of nitrogens with zero attached hydrogens (tertiary/aromatic N) is 2. The summed E-state index contributed by atoms with van der Waals surface area (Å²) in [6.07, 6.45) is 0. The van der Waals surface area contributed by atoms with Crippen LogP contribution in [0.25, 0.3) is 51.5 Å². The molecule has 0 unspecified atom stereocenters. The predicted octanol–water partition coefficient (Wildman–Crippen LogP) is 15.0. The summed E-state index contributed by atoms with van der Waals surface area (Å²) in [4.78, 5) is 4.82. The van der Waals surface area contributed by atoms with E-state index in [1.807, 2.05) is 22.7 Å². The van der Waals surface area contributed by atoms with Crippen LogP contribution in [0.2, 0.25) is 0 Å². The van der Waals surface area contributed by atoms with Crippen molar-refractivity contribution in [2.24, 2.45) is 0 Å². The van der Waals surface area contributed by atoms with Gasteiger partial charge in [-0.1, -0.05) is 121 Å². The van der Waals surface area contributed by atoms with Gasteiger partial charge < -0.3 is 9.80 Å². The molecule has 10 rings (SSSR count). The summed E-state index contributed by atoms with van der Waals surface area (Å²) in [6.45, 7) is 0. The van der Waals surface area contributed by atoms with Gasteiger partial charge in [-0.05, 0) is 72.8 Å². The first-order valence-electron chi connectivity index (χ1n) is 17.5. The molecule has 0 radical (unpaired) electrons. The monoisotopic (exact) mass is 700 g/mol. The normalized spacial score (nSPS) is 11.5. The molecule has 10 aromatic rings. The van der Waals surface area contributed by atoms with E-state index in [4.69, 9.17) is 0 Å². The van der Waals surface area contributed by atoms with Gasteiger partial charge in [0.25, 0.3) is 0 Å². The highest BCUT2D eigenvalue weighted by atomic mass is 32.1. The van der Waals surface area contributed by atoms with E-state index in [9.17, 15) is 0 Å². The Morgan fingerprint density at radius 1 is 0.269 bits per heavy atom. The zero-order valence-electron chi connectivity index (χ0n) is 28.2. The van der Waals surface area contributed by atoms with Crippen molar-refractivity contribution in [3.8, 4) is 11.1 Å². The lowest BCUT2D eigenvalue weighted by atomic mass is 9.98. The summed E-state index contributed by atoms with van der Waals surface area (Å²) in [5, 5.41) is 5.21. The SMILES string of the molecule is c1ccc(N(c2ccc3c(c2)sc2ccccc23)c2ccccc2-c2ccccc2N(c2ccccc2)c2ccc3c(c2)sc2ccccc23)cc1. The highest BCUT2D eigenvalue weighted by Gasteiger charge is 2.23. The fraction of sp³-hybridized carbons (Fsp3) is 0. The van der Waals surface area contributed by atoms with Gasteiger partial charge in [0.2, 0.25) is 0 Å². The highest BCUT2D eigenvalue weighted by molar-refractivity contribution is 7.26. The fourth-order valence-electron chi connectivity index (χ4n) is 7.51. The third-order valence-corrected chi connectivity index (χ3v) is 12.1. The van der Waals surface area contributed by atoms with Gasteiger partial charge in [-0.15, -0.1) is 22.7 Å². The van der Waals surface area contributed by atoms with Crippen LogP contribution < -0.4 is 9.80 Å². The number of anilines is 6. The molecule has 246 valence electrons. The third-order valence-electron chi connectivity index (χ3n) is 9.85. The largest absolute Gasteiger partial charge is 0.310 e. The lowest BCUT2D eigenvalue weighted by Crippen LogP contribution is -2.13. The molecule has 2 heterocycles. The van der Waals surface area contributed by atoms with Crippen molar-refractivity contribution >= 4 is 97.1 Å². The van der Waals surface area contributed by atoms with Crippen molar-refractivity contribution < 1.29 is 0 Å². The van der Waals surface area contributed by atoms with Crippen LogP contribution in [-0.2, 0) is 0 Å². The molecule has 0 fully saturated rings. The van der Waals surface area contributed by atoms with Crippen LogP contribution in [0.3, 0.4) is 0 Å². The molecule has 0 N–H and O–H groups in total. The van der Waals surface area contributed by atoms with Gasteiger partial charge >= 0.3 is 0 Å². The first-order valence-corrected chi connectivity index (χ1v) is 19.1. The predicted molar refractivity (Wildman–Crippen MR) is 227 cm³/mol. The molecule has 0 aliphatic heterocycles. The first-order chi connectivity index (χ1) is 25.8. The summed E-state index contributed by atoms with van der Waals surface area (Å²) in [5.41, 5.74) is 9.04. The molecule has 2 nitrogen and oxygen atoms in total. The van der Waals surface area contributed by atoms with Gasteiger partial charge in [-0.3, -0.25) is 0 Å². The maximum absolute atomic E-state index is 2.41. The number of hydrogen-bond donors (Lipinski definition) is 0. The second-order valence-electron chi connectivity index (χ2n) is 12.9. The average molecular weight is 701 g/mol. The second kappa shape index (κ2) is 12.8. The lowest BCUT2D eigenvalue weighted by Gasteiger charge is -2.31. The molecular formula is C48H32N2S2. The Hall–Kier alpha value is -6.20. The van der Waals surface area contributed by atoms with E-state index in [-0.39, 0.29) is 0 Å². The Balaban J connectivity index is 1.17. The quantitative estimate of drug-likeness (QED) is 0.163. The number of rotatable bonds is 7. The van der Waals surface area contributed by atoms with E-state index in [1.54, 1.807) is 0 Å². The Morgan fingerprint density at radius 3 is 1.10 bits per heavy atom. The van der Waals surface area contributed by atoms with E-state index < -0.39 is 0 Å². The minimum absolute atomic E-state index is 1.11. The molecule has 0 saturated carbocycles. The molecular weight excluding hydrogens is 669 g/mol. The van der Waals surface area contributed by atoms with E-state index in [1.165, 1.54) is 40.3 Å². The van der Waals surface area contributed by atoms with E-state index in [0.717, 1.165) is 45.3 Å². The van der Waals surface area contributed by atoms with E-state index >= 15 is 0 Å². The number of para-hydroxylation sites is 4. The molecule has 2 aromatic heterocycles. The van der Waals surface area contributed by atoms with Crippen LogP contribution in [0, 0.1) is 0 Å². The summed E-state index contributed by atoms with van der Waals surface area (Å²) >= 11 is 3.71. The number of fused-ring (bicyclic) bond motifs is 6. The van der Waals surface area contributed by atoms with E-state index in [0.29, 0.717) is 0 Å². The van der Waals surface area contributed by atoms with Crippen molar-refractivity contribution in [1.29, 1.82) is 0 Å². The fourth-order valence-corrected chi connectivity index (χ4v) is 9.79. The Bertz CT molecular complexity index is 2670. The van der Waals surface area contributed by atoms with Gasteiger partial charge in [-0.25, -0.2) is 0 Å². The van der Waals surface area contributed by atoms with Gasteiger partial charge in [0.15, 0.2) is 0 Å². The van der Waals surface area contributed by atoms with Crippen molar-refractivity contribution in [3.05, 3.63) is 194 Å². The van der Waals surface area contributed by atoms with Crippen molar-refractivity contribution in [1.82, 2.24) is 0 Å². The van der Waals surface area contributed by atoms with Gasteiger partial charge in [-0.2, -0.15) is 0 Å². The topological polar surface area (TPSA) is 6.48 Å². The molecule has 8 aromatic carbocycles. The van der Waals surface area contributed by atoms with Crippen LogP contribution in [0.4, 0.5) is 34.1 Å². The molecule has 4 heteroatoms. The molecule has 52 heavy (non-hydrogen) atoms. The van der Waals surface area contributed by atoms with Gasteiger partial charge in [0.1, 0.15) is 0 Å². The molecule has 0 aliphatic rings. The molecule has 0 amide bonds. The average Bonchev–Trinajstić information content (AvgIpc) is 3.77. The first kappa shape index (κ1) is 30.6. The Kier molecular flexibility index (Phi) is 7.56. The summed E-state index contributed by atoms with van der Waals surface area (Å²) in [7, 11) is 0. The number of thiophene rings is 2. The van der Waals surface area contributed by atoms with Crippen LogP contribution >= 0.6 is 22.7 Å². The minimum Gasteiger partial charge on any atom is -0.310 e. The highest BCUT2D eigenvalue weighted by Crippen LogP contribution is 2.48. The summed E-state index contributed by atoms with van der Waals surface area (Å²) < 4.78 is 5.18. The molecule has 0 atom stereocenters. The Labute approximate surface area is 310 Å². The van der Waals surface area contributed by atoms with Gasteiger partial charge in [0.05, 0.1) is 11.4 Å². The Morgan fingerprint density at radius 2 is 0.635 bits per heavy atom. The molecule has 0 aliphatic carbocycles. The number of hydrogen-bond acceptors (Lipinski definition) is 4. The zero-order valence-corrected chi connectivity index (χ0v) is 29.8. The van der Waals surface area contributed by atoms with Gasteiger partial charge in [0, 0.05) is 74.2 Å². The maximum atomic E-state index is 2.41. The van der Waals surface area contributed by atoms with Crippen LogP contribution in [-0.4, -0.2) is 0 Å². The summed E-state index contributed by atoms with van der Waals surface area (Å²) in [5.74, 6) is 0. The minimum atomic E-state index is 1.11. The standard InChI is InChI=1S/C48H32N2S2/c1-3-15-33(16-4-1)49(35-27-29-41-39-21-9-13-25-45(39)51-47(41)31-35)43-23-11-7-19-37(43)38-20-8-12-24-44(38)50(34-17-5-2-6-18-34)36-28-30-42-40-22-10-14-26-46(40)52-48(42)32-36/h1-32H.